The average molecular weight is 264 g/mol. The number of anilines is 1. The zero-order valence-corrected chi connectivity index (χ0v) is 10.3. The number of halogens is 2. The van der Waals surface area contributed by atoms with E-state index in [0.29, 0.717) is 11.3 Å². The molecule has 2 heterocycles. The van der Waals surface area contributed by atoms with Gasteiger partial charge in [-0.3, -0.25) is 5.10 Å². The third-order valence-electron chi connectivity index (χ3n) is 3.24. The van der Waals surface area contributed by atoms with Crippen molar-refractivity contribution in [2.24, 2.45) is 0 Å². The highest BCUT2D eigenvalue weighted by molar-refractivity contribution is 5.63. The van der Waals surface area contributed by atoms with Crippen molar-refractivity contribution < 1.29 is 8.78 Å². The molecule has 0 unspecified atom stereocenters. The minimum atomic E-state index is -0.851. The van der Waals surface area contributed by atoms with E-state index >= 15 is 0 Å². The third-order valence-corrected chi connectivity index (χ3v) is 3.24. The Morgan fingerprint density at radius 1 is 1.05 bits per heavy atom. The zero-order chi connectivity index (χ0) is 13.2. The van der Waals surface area contributed by atoms with Crippen LogP contribution in [-0.4, -0.2) is 36.4 Å². The zero-order valence-electron chi connectivity index (χ0n) is 10.3. The molecular formula is C13H14F2N4. The molecule has 1 aliphatic heterocycles. The molecule has 1 aromatic heterocycles. The van der Waals surface area contributed by atoms with E-state index < -0.39 is 11.6 Å². The minimum absolute atomic E-state index is 0.591. The van der Waals surface area contributed by atoms with Crippen molar-refractivity contribution in [1.29, 1.82) is 0 Å². The average Bonchev–Trinajstić information content (AvgIpc) is 2.93. The minimum Gasteiger partial charge on any atom is -0.353 e. The molecule has 1 aromatic carbocycles. The van der Waals surface area contributed by atoms with E-state index in [4.69, 9.17) is 0 Å². The Morgan fingerprint density at radius 2 is 1.84 bits per heavy atom. The van der Waals surface area contributed by atoms with Crippen molar-refractivity contribution in [1.82, 2.24) is 15.5 Å². The molecule has 0 bridgehead atoms. The highest BCUT2D eigenvalue weighted by Crippen LogP contribution is 2.23. The molecule has 19 heavy (non-hydrogen) atoms. The normalized spacial score (nSPS) is 15.8. The van der Waals surface area contributed by atoms with Gasteiger partial charge in [0.2, 0.25) is 0 Å². The van der Waals surface area contributed by atoms with Gasteiger partial charge in [0.15, 0.2) is 17.5 Å². The van der Waals surface area contributed by atoms with Crippen LogP contribution in [0.2, 0.25) is 0 Å². The van der Waals surface area contributed by atoms with E-state index in [1.807, 2.05) is 6.07 Å². The first-order valence-electron chi connectivity index (χ1n) is 6.20. The second-order valence-corrected chi connectivity index (χ2v) is 4.51. The molecule has 1 saturated heterocycles. The largest absolute Gasteiger partial charge is 0.353 e. The van der Waals surface area contributed by atoms with Crippen molar-refractivity contribution in [3.63, 3.8) is 0 Å². The number of hydrogen-bond acceptors (Lipinski definition) is 3. The van der Waals surface area contributed by atoms with Gasteiger partial charge in [-0.05, 0) is 18.2 Å². The molecule has 0 spiro atoms. The maximum absolute atomic E-state index is 13.2. The quantitative estimate of drug-likeness (QED) is 0.868. The van der Waals surface area contributed by atoms with E-state index in [9.17, 15) is 8.78 Å². The van der Waals surface area contributed by atoms with Crippen LogP contribution in [-0.2, 0) is 0 Å². The Morgan fingerprint density at radius 3 is 2.58 bits per heavy atom. The van der Waals surface area contributed by atoms with E-state index in [1.165, 1.54) is 12.1 Å². The third kappa shape index (κ3) is 2.44. The predicted octanol–water partition coefficient (Wildman–Crippen LogP) is 1.76. The van der Waals surface area contributed by atoms with Crippen molar-refractivity contribution in [2.75, 3.05) is 31.1 Å². The number of aromatic amines is 1. The van der Waals surface area contributed by atoms with Gasteiger partial charge in [-0.1, -0.05) is 0 Å². The summed E-state index contributed by atoms with van der Waals surface area (Å²) >= 11 is 0. The second-order valence-electron chi connectivity index (χ2n) is 4.51. The van der Waals surface area contributed by atoms with Gasteiger partial charge in [0, 0.05) is 37.8 Å². The van der Waals surface area contributed by atoms with Gasteiger partial charge >= 0.3 is 0 Å². The Kier molecular flexibility index (Phi) is 3.16. The number of benzene rings is 1. The van der Waals surface area contributed by atoms with Gasteiger partial charge in [0.1, 0.15) is 0 Å². The van der Waals surface area contributed by atoms with Gasteiger partial charge < -0.3 is 10.2 Å². The van der Waals surface area contributed by atoms with Crippen LogP contribution in [0.5, 0.6) is 0 Å². The lowest BCUT2D eigenvalue weighted by Gasteiger charge is -2.26. The fraction of sp³-hybridized carbons (Fsp3) is 0.308. The molecule has 4 nitrogen and oxygen atoms in total. The van der Waals surface area contributed by atoms with Crippen LogP contribution in [0.1, 0.15) is 0 Å². The Labute approximate surface area is 109 Å². The molecule has 0 amide bonds. The molecule has 6 heteroatoms. The predicted molar refractivity (Wildman–Crippen MR) is 69.0 cm³/mol. The lowest BCUT2D eigenvalue weighted by Crippen LogP contribution is -2.43. The van der Waals surface area contributed by atoms with Gasteiger partial charge in [0.25, 0.3) is 0 Å². The molecule has 0 aliphatic carbocycles. The van der Waals surface area contributed by atoms with Gasteiger partial charge in [-0.15, -0.1) is 0 Å². The first kappa shape index (κ1) is 12.1. The molecule has 3 rings (SSSR count). The summed E-state index contributed by atoms with van der Waals surface area (Å²) in [7, 11) is 0. The standard InChI is InChI=1S/C13H14F2N4/c14-10-2-1-9(7-11(10)15)12-8-13(18-17-12)19-5-3-16-4-6-19/h1-2,7-8,16H,3-6H2,(H,17,18). The lowest BCUT2D eigenvalue weighted by atomic mass is 10.1. The maximum Gasteiger partial charge on any atom is 0.159 e. The van der Waals surface area contributed by atoms with E-state index in [0.717, 1.165) is 38.1 Å². The van der Waals surface area contributed by atoms with Crippen LogP contribution in [0, 0.1) is 11.6 Å². The highest BCUT2D eigenvalue weighted by Gasteiger charge is 2.14. The molecule has 2 N–H and O–H groups in total. The van der Waals surface area contributed by atoms with Crippen LogP contribution in [0.3, 0.4) is 0 Å². The summed E-state index contributed by atoms with van der Waals surface area (Å²) in [4.78, 5) is 2.15. The van der Waals surface area contributed by atoms with Gasteiger partial charge in [-0.2, -0.15) is 5.10 Å². The monoisotopic (exact) mass is 264 g/mol. The SMILES string of the molecule is Fc1ccc(-c2cc(N3CCNCC3)n[nH]2)cc1F. The van der Waals surface area contributed by atoms with Crippen molar-refractivity contribution in [3.05, 3.63) is 35.9 Å². The number of aromatic nitrogens is 2. The first-order chi connectivity index (χ1) is 9.24. The van der Waals surface area contributed by atoms with Crippen LogP contribution in [0.4, 0.5) is 14.6 Å². The van der Waals surface area contributed by atoms with Crippen molar-refractivity contribution >= 4 is 5.82 Å². The topological polar surface area (TPSA) is 44.0 Å². The summed E-state index contributed by atoms with van der Waals surface area (Å²) in [5.41, 5.74) is 1.28. The highest BCUT2D eigenvalue weighted by atomic mass is 19.2. The molecule has 0 atom stereocenters. The Bertz CT molecular complexity index is 576. The summed E-state index contributed by atoms with van der Waals surface area (Å²) < 4.78 is 26.1. The number of nitrogens with zero attached hydrogens (tertiary/aromatic N) is 2. The number of piperazine rings is 1. The van der Waals surface area contributed by atoms with Crippen LogP contribution >= 0.6 is 0 Å². The van der Waals surface area contributed by atoms with E-state index in [-0.39, 0.29) is 0 Å². The first-order valence-corrected chi connectivity index (χ1v) is 6.20. The molecule has 0 radical (unpaired) electrons. The van der Waals surface area contributed by atoms with Gasteiger partial charge in [0.05, 0.1) is 5.69 Å². The van der Waals surface area contributed by atoms with Crippen LogP contribution in [0.25, 0.3) is 11.3 Å². The summed E-state index contributed by atoms with van der Waals surface area (Å²) in [6.45, 7) is 3.63. The number of rotatable bonds is 2. The molecular weight excluding hydrogens is 250 g/mol. The molecule has 0 saturated carbocycles. The van der Waals surface area contributed by atoms with Crippen LogP contribution < -0.4 is 10.2 Å². The fourth-order valence-electron chi connectivity index (χ4n) is 2.18. The number of nitrogens with one attached hydrogen (secondary N) is 2. The lowest BCUT2D eigenvalue weighted by molar-refractivity contribution is 0.509. The van der Waals surface area contributed by atoms with Crippen LogP contribution in [0.15, 0.2) is 24.3 Å². The summed E-state index contributed by atoms with van der Waals surface area (Å²) in [6, 6.07) is 5.69. The smallest absolute Gasteiger partial charge is 0.159 e. The molecule has 100 valence electrons. The van der Waals surface area contributed by atoms with Crippen molar-refractivity contribution in [2.45, 2.75) is 0 Å². The Hall–Kier alpha value is -1.95. The number of H-pyrrole nitrogens is 1. The van der Waals surface area contributed by atoms with Crippen molar-refractivity contribution in [3.8, 4) is 11.3 Å². The summed E-state index contributed by atoms with van der Waals surface area (Å²) in [6.07, 6.45) is 0. The number of hydrogen-bond donors (Lipinski definition) is 2. The Balaban J connectivity index is 1.85. The van der Waals surface area contributed by atoms with E-state index in [1.54, 1.807) is 0 Å². The summed E-state index contributed by atoms with van der Waals surface area (Å²) in [5.74, 6) is -0.859. The van der Waals surface area contributed by atoms with E-state index in [2.05, 4.69) is 20.4 Å². The molecule has 1 aliphatic rings. The second kappa shape index (κ2) is 4.97. The summed E-state index contributed by atoms with van der Waals surface area (Å²) in [5, 5.41) is 10.4. The fourth-order valence-corrected chi connectivity index (χ4v) is 2.18. The molecule has 2 aromatic rings. The maximum atomic E-state index is 13.2. The molecule has 1 fully saturated rings. The van der Waals surface area contributed by atoms with Gasteiger partial charge in [-0.25, -0.2) is 8.78 Å².